The molecule has 1 atom stereocenters. The van der Waals surface area contributed by atoms with Crippen molar-refractivity contribution in [1.29, 1.82) is 0 Å². The minimum absolute atomic E-state index is 0.0566. The van der Waals surface area contributed by atoms with E-state index in [9.17, 15) is 17.2 Å². The lowest BCUT2D eigenvalue weighted by Crippen LogP contribution is -2.42. The average Bonchev–Trinajstić information content (AvgIpc) is 2.76. The molecule has 3 nitrogen and oxygen atoms in total. The number of nitrogens with zero attached hydrogens (tertiary/aromatic N) is 1. The number of fused-ring (bicyclic) bond motifs is 1. The van der Waals surface area contributed by atoms with Crippen LogP contribution < -0.4 is 4.31 Å². The maximum absolute atomic E-state index is 13.7. The zero-order valence-electron chi connectivity index (χ0n) is 17.9. The number of thiocarbonyl (C=S) groups is 1. The normalized spacial score (nSPS) is 15.9. The maximum Gasteiger partial charge on any atom is 0.264 e. The van der Waals surface area contributed by atoms with Crippen molar-refractivity contribution in [3.63, 3.8) is 0 Å². The number of rotatable bonds is 6. The highest BCUT2D eigenvalue weighted by molar-refractivity contribution is 7.92. The second kappa shape index (κ2) is 9.49. The third-order valence-electron chi connectivity index (χ3n) is 5.78. The van der Waals surface area contributed by atoms with Crippen molar-refractivity contribution in [2.45, 2.75) is 43.5 Å². The number of aryl methyl sites for hydroxylation is 1. The average molecular weight is 506 g/mol. The number of benzene rings is 3. The number of halogens is 3. The summed E-state index contributed by atoms with van der Waals surface area (Å²) in [5.41, 5.74) is 2.92. The Balaban J connectivity index is 1.52. The van der Waals surface area contributed by atoms with Crippen LogP contribution in [0.5, 0.6) is 0 Å². The SMILES string of the molecule is CC1CCc2cc(F)ccc2N1S(=O)(=O)c1ccc(CC(=S)Cc2ccc(F)c(Cl)c2)cc1. The molecule has 1 unspecified atom stereocenters. The lowest BCUT2D eigenvalue weighted by atomic mass is 9.99. The molecule has 0 N–H and O–H groups in total. The van der Waals surface area contributed by atoms with Crippen LogP contribution in [0.1, 0.15) is 30.0 Å². The Morgan fingerprint density at radius 1 is 1.03 bits per heavy atom. The van der Waals surface area contributed by atoms with E-state index >= 15 is 0 Å². The molecule has 8 heteroatoms. The molecule has 33 heavy (non-hydrogen) atoms. The zero-order valence-corrected chi connectivity index (χ0v) is 20.3. The topological polar surface area (TPSA) is 37.4 Å². The van der Waals surface area contributed by atoms with E-state index in [0.29, 0.717) is 36.9 Å². The highest BCUT2D eigenvalue weighted by Crippen LogP contribution is 2.35. The van der Waals surface area contributed by atoms with Gasteiger partial charge in [-0.25, -0.2) is 17.2 Å². The first-order valence-electron chi connectivity index (χ1n) is 10.5. The third kappa shape index (κ3) is 5.10. The molecule has 172 valence electrons. The highest BCUT2D eigenvalue weighted by Gasteiger charge is 2.33. The van der Waals surface area contributed by atoms with E-state index in [0.717, 1.165) is 16.0 Å². The van der Waals surface area contributed by atoms with Crippen LogP contribution in [0, 0.1) is 11.6 Å². The van der Waals surface area contributed by atoms with Gasteiger partial charge in [-0.15, -0.1) is 0 Å². The predicted molar refractivity (Wildman–Crippen MR) is 132 cm³/mol. The van der Waals surface area contributed by atoms with Crippen molar-refractivity contribution in [3.8, 4) is 0 Å². The van der Waals surface area contributed by atoms with Gasteiger partial charge in [-0.2, -0.15) is 0 Å². The van der Waals surface area contributed by atoms with Gasteiger partial charge in [0, 0.05) is 23.7 Å². The Labute approximate surface area is 203 Å². The van der Waals surface area contributed by atoms with Gasteiger partial charge in [0.25, 0.3) is 10.0 Å². The standard InChI is InChI=1S/C25H22ClF2NO2S2/c1-16-2-6-19-15-20(27)7-11-25(19)29(16)33(30,31)22-8-3-17(4-9-22)12-21(32)13-18-5-10-24(28)23(26)14-18/h3-5,7-11,14-16H,2,6,12-13H2,1H3. The summed E-state index contributed by atoms with van der Waals surface area (Å²) in [6, 6.07) is 15.2. The Bertz CT molecular complexity index is 1310. The Kier molecular flexibility index (Phi) is 6.84. The smallest absolute Gasteiger partial charge is 0.263 e. The molecular weight excluding hydrogens is 484 g/mol. The number of sulfonamides is 1. The van der Waals surface area contributed by atoms with Crippen LogP contribution in [0.4, 0.5) is 14.5 Å². The van der Waals surface area contributed by atoms with E-state index in [1.807, 2.05) is 6.92 Å². The largest absolute Gasteiger partial charge is 0.264 e. The monoisotopic (exact) mass is 505 g/mol. The summed E-state index contributed by atoms with van der Waals surface area (Å²) < 4.78 is 55.3. The van der Waals surface area contributed by atoms with Crippen LogP contribution in [0.25, 0.3) is 0 Å². The quantitative estimate of drug-likeness (QED) is 0.369. The molecule has 4 rings (SSSR count). The van der Waals surface area contributed by atoms with E-state index in [4.69, 9.17) is 23.8 Å². The van der Waals surface area contributed by atoms with Gasteiger partial charge in [0.2, 0.25) is 0 Å². The van der Waals surface area contributed by atoms with Gasteiger partial charge in [0.05, 0.1) is 15.6 Å². The lowest BCUT2D eigenvalue weighted by Gasteiger charge is -2.36. The summed E-state index contributed by atoms with van der Waals surface area (Å²) in [5, 5.41) is 0.0566. The van der Waals surface area contributed by atoms with Gasteiger partial charge >= 0.3 is 0 Å². The Hall–Kier alpha value is -2.35. The third-order valence-corrected chi connectivity index (χ3v) is 8.30. The Morgan fingerprint density at radius 2 is 1.70 bits per heavy atom. The fourth-order valence-electron chi connectivity index (χ4n) is 4.12. The lowest BCUT2D eigenvalue weighted by molar-refractivity contribution is 0.560. The first-order valence-corrected chi connectivity index (χ1v) is 12.7. The highest BCUT2D eigenvalue weighted by atomic mass is 35.5. The van der Waals surface area contributed by atoms with Gasteiger partial charge in [-0.3, -0.25) is 4.31 Å². The number of anilines is 1. The van der Waals surface area contributed by atoms with Crippen molar-refractivity contribution in [2.75, 3.05) is 4.31 Å². The fourth-order valence-corrected chi connectivity index (χ4v) is 6.37. The van der Waals surface area contributed by atoms with Gasteiger partial charge in [-0.1, -0.05) is 42.0 Å². The zero-order chi connectivity index (χ0) is 23.8. The summed E-state index contributed by atoms with van der Waals surface area (Å²) >= 11 is 11.3. The van der Waals surface area contributed by atoms with E-state index in [2.05, 4.69) is 0 Å². The molecule has 0 aliphatic carbocycles. The molecule has 1 aliphatic rings. The van der Waals surface area contributed by atoms with Crippen LogP contribution in [0.15, 0.2) is 65.6 Å². The van der Waals surface area contributed by atoms with E-state index in [1.165, 1.54) is 28.6 Å². The van der Waals surface area contributed by atoms with Gasteiger partial charge in [0.1, 0.15) is 11.6 Å². The van der Waals surface area contributed by atoms with Crippen LogP contribution in [-0.4, -0.2) is 19.3 Å². The summed E-state index contributed by atoms with van der Waals surface area (Å²) in [5.74, 6) is -0.845. The second-order valence-corrected chi connectivity index (χ2v) is 11.0. The summed E-state index contributed by atoms with van der Waals surface area (Å²) in [7, 11) is -3.81. The van der Waals surface area contributed by atoms with E-state index in [-0.39, 0.29) is 21.8 Å². The molecule has 3 aromatic rings. The number of hydrogen-bond donors (Lipinski definition) is 0. The second-order valence-electron chi connectivity index (χ2n) is 8.25. The molecule has 0 saturated carbocycles. The van der Waals surface area contributed by atoms with Crippen LogP contribution >= 0.6 is 23.8 Å². The molecule has 1 heterocycles. The molecule has 0 amide bonds. The summed E-state index contributed by atoms with van der Waals surface area (Å²) in [6.45, 7) is 1.86. The molecule has 3 aromatic carbocycles. The first kappa shape index (κ1) is 23.8. The van der Waals surface area contributed by atoms with Crippen LogP contribution in [0.2, 0.25) is 5.02 Å². The van der Waals surface area contributed by atoms with Crippen molar-refractivity contribution in [3.05, 3.63) is 94.0 Å². The molecular formula is C25H22ClF2NO2S2. The van der Waals surface area contributed by atoms with Crippen molar-refractivity contribution in [1.82, 2.24) is 0 Å². The molecule has 1 aliphatic heterocycles. The van der Waals surface area contributed by atoms with E-state index in [1.54, 1.807) is 36.4 Å². The van der Waals surface area contributed by atoms with Crippen LogP contribution in [-0.2, 0) is 29.3 Å². The van der Waals surface area contributed by atoms with Crippen molar-refractivity contribution >= 4 is 44.4 Å². The summed E-state index contributed by atoms with van der Waals surface area (Å²) in [6.07, 6.45) is 2.20. The minimum atomic E-state index is -3.81. The number of hydrogen-bond acceptors (Lipinski definition) is 3. The van der Waals surface area contributed by atoms with Crippen LogP contribution in [0.3, 0.4) is 0 Å². The van der Waals surface area contributed by atoms with Gasteiger partial charge in [-0.05, 0) is 78.9 Å². The molecule has 0 fully saturated rings. The van der Waals surface area contributed by atoms with Crippen molar-refractivity contribution in [2.24, 2.45) is 0 Å². The van der Waals surface area contributed by atoms with Crippen molar-refractivity contribution < 1.29 is 17.2 Å². The molecule has 0 saturated heterocycles. The van der Waals surface area contributed by atoms with Gasteiger partial charge in [0.15, 0.2) is 0 Å². The first-order chi connectivity index (χ1) is 15.6. The molecule has 0 radical (unpaired) electrons. The van der Waals surface area contributed by atoms with Gasteiger partial charge < -0.3 is 0 Å². The minimum Gasteiger partial charge on any atom is -0.263 e. The predicted octanol–water partition coefficient (Wildman–Crippen LogP) is 6.30. The molecule has 0 bridgehead atoms. The Morgan fingerprint density at radius 3 is 2.39 bits per heavy atom. The molecule has 0 spiro atoms. The van der Waals surface area contributed by atoms with E-state index < -0.39 is 15.8 Å². The maximum atomic E-state index is 13.7. The summed E-state index contributed by atoms with van der Waals surface area (Å²) in [4.78, 5) is 0.903. The molecule has 0 aromatic heterocycles. The fraction of sp³-hybridized carbons (Fsp3) is 0.240.